The molecule has 0 saturated carbocycles. The Morgan fingerprint density at radius 3 is 2.93 bits per heavy atom. The highest BCUT2D eigenvalue weighted by Crippen LogP contribution is 2.08. The van der Waals surface area contributed by atoms with Crippen molar-refractivity contribution in [3.8, 4) is 0 Å². The number of imidazole rings is 1. The molecule has 0 aliphatic heterocycles. The third kappa shape index (κ3) is 2.31. The summed E-state index contributed by atoms with van der Waals surface area (Å²) in [6.45, 7) is 6.06. The lowest BCUT2D eigenvalue weighted by Crippen LogP contribution is -2.09. The number of allylic oxidation sites excluding steroid dienone is 2. The van der Waals surface area contributed by atoms with Gasteiger partial charge in [0.1, 0.15) is 0 Å². The number of carbonyl (C=O) groups excluding carboxylic acids is 1. The fraction of sp³-hybridized carbons (Fsp3) is 0.455. The van der Waals surface area contributed by atoms with E-state index in [1.165, 1.54) is 0 Å². The van der Waals surface area contributed by atoms with Crippen LogP contribution in [0.4, 0.5) is 0 Å². The van der Waals surface area contributed by atoms with Crippen LogP contribution in [-0.4, -0.2) is 15.3 Å². The van der Waals surface area contributed by atoms with Crippen LogP contribution < -0.4 is 0 Å². The Balaban J connectivity index is 2.89. The summed E-state index contributed by atoms with van der Waals surface area (Å²) in [5.41, 5.74) is 0. The van der Waals surface area contributed by atoms with Gasteiger partial charge in [-0.2, -0.15) is 0 Å². The summed E-state index contributed by atoms with van der Waals surface area (Å²) in [5, 5.41) is 0. The van der Waals surface area contributed by atoms with Crippen LogP contribution in [0, 0.1) is 0 Å². The molecule has 0 atom stereocenters. The lowest BCUT2D eigenvalue weighted by molar-refractivity contribution is 0.103. The van der Waals surface area contributed by atoms with E-state index in [-0.39, 0.29) is 11.8 Å². The second kappa shape index (κ2) is 4.74. The molecule has 0 N–H and O–H groups in total. The number of aromatic nitrogens is 2. The molecule has 0 saturated heterocycles. The Morgan fingerprint density at radius 1 is 1.64 bits per heavy atom. The van der Waals surface area contributed by atoms with Crippen LogP contribution in [0.2, 0.25) is 0 Å². The summed E-state index contributed by atoms with van der Waals surface area (Å²) in [6.07, 6.45) is 7.79. The van der Waals surface area contributed by atoms with Crippen molar-refractivity contribution in [1.29, 1.82) is 0 Å². The average molecular weight is 192 g/mol. The molecule has 1 rings (SSSR count). The topological polar surface area (TPSA) is 34.9 Å². The molecule has 0 amide bonds. The summed E-state index contributed by atoms with van der Waals surface area (Å²) in [6, 6.07) is 0.270. The highest BCUT2D eigenvalue weighted by Gasteiger charge is 2.10. The van der Waals surface area contributed by atoms with Gasteiger partial charge in [0.25, 0.3) is 0 Å². The zero-order valence-corrected chi connectivity index (χ0v) is 8.90. The molecule has 1 aromatic rings. The largest absolute Gasteiger partial charge is 0.326 e. The number of carbonyl (C=O) groups is 1. The molecule has 1 heterocycles. The number of hydrogen-bond donors (Lipinski definition) is 0. The van der Waals surface area contributed by atoms with Gasteiger partial charge in [-0.15, -0.1) is 0 Å². The Bertz CT molecular complexity index is 337. The highest BCUT2D eigenvalue weighted by molar-refractivity contribution is 6.01. The maximum absolute atomic E-state index is 11.6. The number of nitrogens with zero attached hydrogens (tertiary/aromatic N) is 2. The van der Waals surface area contributed by atoms with Crippen molar-refractivity contribution < 1.29 is 4.79 Å². The van der Waals surface area contributed by atoms with E-state index < -0.39 is 0 Å². The smallest absolute Gasteiger partial charge is 0.220 e. The molecular formula is C11H16N2O. The second-order valence-corrected chi connectivity index (χ2v) is 3.43. The maximum Gasteiger partial charge on any atom is 0.220 e. The normalized spacial score (nSPS) is 11.4. The van der Waals surface area contributed by atoms with E-state index in [9.17, 15) is 4.79 Å². The standard InChI is InChI=1S/C11H16N2O/c1-4-5-6-10(14)11-12-7-8-13(11)9(2)3/h5-9H,4H2,1-3H3/b6-5+. The molecule has 0 aliphatic carbocycles. The predicted octanol–water partition coefficient (Wildman–Crippen LogP) is 2.61. The molecule has 0 fully saturated rings. The quantitative estimate of drug-likeness (QED) is 0.543. The third-order valence-electron chi connectivity index (χ3n) is 1.95. The minimum absolute atomic E-state index is 0.0226. The molecule has 3 nitrogen and oxygen atoms in total. The van der Waals surface area contributed by atoms with Crippen LogP contribution in [0.25, 0.3) is 0 Å². The van der Waals surface area contributed by atoms with Gasteiger partial charge < -0.3 is 4.57 Å². The van der Waals surface area contributed by atoms with Crippen molar-refractivity contribution in [1.82, 2.24) is 9.55 Å². The molecule has 3 heteroatoms. The van der Waals surface area contributed by atoms with Crippen LogP contribution >= 0.6 is 0 Å². The van der Waals surface area contributed by atoms with Gasteiger partial charge in [-0.3, -0.25) is 4.79 Å². The molecule has 0 radical (unpaired) electrons. The van der Waals surface area contributed by atoms with E-state index in [0.717, 1.165) is 6.42 Å². The summed E-state index contributed by atoms with van der Waals surface area (Å²) < 4.78 is 1.88. The van der Waals surface area contributed by atoms with Gasteiger partial charge in [-0.05, 0) is 26.3 Å². The molecule has 0 aliphatic rings. The zero-order valence-electron chi connectivity index (χ0n) is 8.90. The van der Waals surface area contributed by atoms with Crippen molar-refractivity contribution >= 4 is 5.78 Å². The van der Waals surface area contributed by atoms with Crippen molar-refractivity contribution in [2.45, 2.75) is 33.2 Å². The van der Waals surface area contributed by atoms with Gasteiger partial charge in [0.05, 0.1) is 0 Å². The van der Waals surface area contributed by atoms with Gasteiger partial charge >= 0.3 is 0 Å². The van der Waals surface area contributed by atoms with Gasteiger partial charge in [-0.1, -0.05) is 13.0 Å². The van der Waals surface area contributed by atoms with Crippen LogP contribution in [0.1, 0.15) is 43.9 Å². The van der Waals surface area contributed by atoms with E-state index in [1.54, 1.807) is 12.3 Å². The monoisotopic (exact) mass is 192 g/mol. The van der Waals surface area contributed by atoms with Crippen molar-refractivity contribution in [2.75, 3.05) is 0 Å². The first-order valence-corrected chi connectivity index (χ1v) is 4.90. The lowest BCUT2D eigenvalue weighted by atomic mass is 10.3. The van der Waals surface area contributed by atoms with E-state index in [2.05, 4.69) is 4.98 Å². The molecule has 0 spiro atoms. The summed E-state index contributed by atoms with van der Waals surface area (Å²) in [7, 11) is 0. The fourth-order valence-electron chi connectivity index (χ4n) is 1.22. The van der Waals surface area contributed by atoms with Crippen LogP contribution in [0.3, 0.4) is 0 Å². The first-order valence-electron chi connectivity index (χ1n) is 4.90. The molecule has 0 unspecified atom stereocenters. The third-order valence-corrected chi connectivity index (χ3v) is 1.95. The minimum Gasteiger partial charge on any atom is -0.326 e. The second-order valence-electron chi connectivity index (χ2n) is 3.43. The fourth-order valence-corrected chi connectivity index (χ4v) is 1.22. The lowest BCUT2D eigenvalue weighted by Gasteiger charge is -2.08. The Morgan fingerprint density at radius 2 is 2.36 bits per heavy atom. The van der Waals surface area contributed by atoms with Gasteiger partial charge in [0.2, 0.25) is 5.78 Å². The Hall–Kier alpha value is -1.38. The Labute approximate surface area is 84.5 Å². The van der Waals surface area contributed by atoms with Crippen molar-refractivity contribution in [3.05, 3.63) is 30.4 Å². The van der Waals surface area contributed by atoms with Gasteiger partial charge in [0.15, 0.2) is 5.82 Å². The maximum atomic E-state index is 11.6. The summed E-state index contributed by atoms with van der Waals surface area (Å²) in [5.74, 6) is 0.496. The molecule has 1 aromatic heterocycles. The summed E-state index contributed by atoms with van der Waals surface area (Å²) >= 11 is 0. The first-order chi connectivity index (χ1) is 6.66. The van der Waals surface area contributed by atoms with Crippen LogP contribution in [0.5, 0.6) is 0 Å². The van der Waals surface area contributed by atoms with E-state index in [1.807, 2.05) is 37.6 Å². The van der Waals surface area contributed by atoms with Crippen LogP contribution in [-0.2, 0) is 0 Å². The van der Waals surface area contributed by atoms with Crippen molar-refractivity contribution in [3.63, 3.8) is 0 Å². The number of hydrogen-bond acceptors (Lipinski definition) is 2. The number of ketones is 1. The summed E-state index contributed by atoms with van der Waals surface area (Å²) in [4.78, 5) is 15.7. The molecular weight excluding hydrogens is 176 g/mol. The SMILES string of the molecule is CC/C=C/C(=O)c1nccn1C(C)C. The average Bonchev–Trinajstić information content (AvgIpc) is 2.62. The van der Waals surface area contributed by atoms with Crippen LogP contribution in [0.15, 0.2) is 24.5 Å². The van der Waals surface area contributed by atoms with E-state index >= 15 is 0 Å². The van der Waals surface area contributed by atoms with Crippen molar-refractivity contribution in [2.24, 2.45) is 0 Å². The minimum atomic E-state index is -0.0226. The van der Waals surface area contributed by atoms with E-state index in [4.69, 9.17) is 0 Å². The first kappa shape index (κ1) is 10.7. The molecule has 76 valence electrons. The van der Waals surface area contributed by atoms with E-state index in [0.29, 0.717) is 5.82 Å². The molecule has 0 bridgehead atoms. The highest BCUT2D eigenvalue weighted by atomic mass is 16.1. The van der Waals surface area contributed by atoms with Gasteiger partial charge in [-0.25, -0.2) is 4.98 Å². The molecule has 14 heavy (non-hydrogen) atoms. The van der Waals surface area contributed by atoms with Gasteiger partial charge in [0, 0.05) is 18.4 Å². The molecule has 0 aromatic carbocycles. The predicted molar refractivity (Wildman–Crippen MR) is 56.4 cm³/mol. The number of rotatable bonds is 4. The Kier molecular flexibility index (Phi) is 3.63. The zero-order chi connectivity index (χ0) is 10.6.